The number of fused-ring (bicyclic) bond motifs is 1. The van der Waals surface area contributed by atoms with Crippen molar-refractivity contribution in [3.05, 3.63) is 52.1 Å². The summed E-state index contributed by atoms with van der Waals surface area (Å²) in [7, 11) is 0. The average Bonchev–Trinajstić information content (AvgIpc) is 2.89. The van der Waals surface area contributed by atoms with Gasteiger partial charge < -0.3 is 5.32 Å². The summed E-state index contributed by atoms with van der Waals surface area (Å²) in [5, 5.41) is 7.09. The molecule has 0 saturated heterocycles. The third-order valence-electron chi connectivity index (χ3n) is 2.61. The number of anilines is 1. The zero-order valence-electron chi connectivity index (χ0n) is 9.43. The largest absolute Gasteiger partial charge is 0.378 e. The van der Waals surface area contributed by atoms with E-state index < -0.39 is 0 Å². The highest BCUT2D eigenvalue weighted by Gasteiger charge is 2.04. The summed E-state index contributed by atoms with van der Waals surface area (Å²) in [5.41, 5.74) is 4.71. The monoisotopic (exact) mass is 275 g/mol. The van der Waals surface area contributed by atoms with Crippen LogP contribution in [-0.4, -0.2) is 9.97 Å². The summed E-state index contributed by atoms with van der Waals surface area (Å²) in [4.78, 5) is 8.62. The molecule has 2 heterocycles. The Morgan fingerprint density at radius 3 is 3.06 bits per heavy atom. The molecule has 2 aromatic heterocycles. The first kappa shape index (κ1) is 11.4. The number of halogens is 1. The molecule has 1 N–H and O–H groups in total. The van der Waals surface area contributed by atoms with Crippen LogP contribution in [0.25, 0.3) is 10.9 Å². The molecule has 0 aliphatic carbocycles. The fourth-order valence-corrected chi connectivity index (χ4v) is 2.59. The Labute approximate surface area is 113 Å². The Bertz CT molecular complexity index is 667. The number of thiazole rings is 1. The second-order valence-electron chi connectivity index (χ2n) is 3.86. The summed E-state index contributed by atoms with van der Waals surface area (Å²) in [6, 6.07) is 7.71. The van der Waals surface area contributed by atoms with Crippen molar-refractivity contribution in [2.75, 3.05) is 5.32 Å². The number of nitrogens with zero attached hydrogens (tertiary/aromatic N) is 2. The molecule has 3 rings (SSSR count). The van der Waals surface area contributed by atoms with Crippen molar-refractivity contribution in [3.8, 4) is 0 Å². The lowest BCUT2D eigenvalue weighted by molar-refractivity contribution is 1.08. The van der Waals surface area contributed by atoms with Gasteiger partial charge in [0.2, 0.25) is 0 Å². The van der Waals surface area contributed by atoms with Crippen LogP contribution in [0.15, 0.2) is 41.4 Å². The van der Waals surface area contributed by atoms with Crippen LogP contribution in [0.3, 0.4) is 0 Å². The Balaban J connectivity index is 1.95. The molecule has 3 aromatic rings. The van der Waals surface area contributed by atoms with E-state index in [0.29, 0.717) is 11.6 Å². The van der Waals surface area contributed by atoms with Gasteiger partial charge in [0, 0.05) is 22.0 Å². The molecule has 0 bridgehead atoms. The smallest absolute Gasteiger partial charge is 0.0934 e. The van der Waals surface area contributed by atoms with Gasteiger partial charge in [-0.1, -0.05) is 17.7 Å². The van der Waals surface area contributed by atoms with Gasteiger partial charge in [-0.25, -0.2) is 4.98 Å². The highest BCUT2D eigenvalue weighted by Crippen LogP contribution is 2.26. The van der Waals surface area contributed by atoms with E-state index in [1.165, 1.54) is 0 Å². The van der Waals surface area contributed by atoms with Crippen LogP contribution in [0.2, 0.25) is 5.02 Å². The highest BCUT2D eigenvalue weighted by molar-refractivity contribution is 7.07. The van der Waals surface area contributed by atoms with Crippen molar-refractivity contribution in [2.24, 2.45) is 0 Å². The lowest BCUT2D eigenvalue weighted by atomic mass is 10.2. The normalized spacial score (nSPS) is 10.7. The summed E-state index contributed by atoms with van der Waals surface area (Å²) in [5.74, 6) is 0. The molecule has 0 saturated carbocycles. The number of hydrogen-bond donors (Lipinski definition) is 1. The molecule has 0 aliphatic heterocycles. The first-order valence-corrected chi connectivity index (χ1v) is 6.80. The number of pyridine rings is 1. The maximum absolute atomic E-state index is 6.10. The zero-order chi connectivity index (χ0) is 12.4. The number of aromatic nitrogens is 2. The predicted octanol–water partition coefficient (Wildman–Crippen LogP) is 3.96. The fraction of sp³-hybridized carbons (Fsp3) is 0.0769. The number of nitrogens with one attached hydrogen (secondary N) is 1. The molecule has 1 aromatic carbocycles. The third kappa shape index (κ3) is 2.30. The van der Waals surface area contributed by atoms with E-state index in [9.17, 15) is 0 Å². The molecule has 0 fully saturated rings. The lowest BCUT2D eigenvalue weighted by Crippen LogP contribution is -2.00. The Morgan fingerprint density at radius 1 is 1.28 bits per heavy atom. The molecular weight excluding hydrogens is 266 g/mol. The molecule has 0 amide bonds. The minimum Gasteiger partial charge on any atom is -0.378 e. The van der Waals surface area contributed by atoms with E-state index in [1.54, 1.807) is 17.5 Å². The molecule has 5 heteroatoms. The van der Waals surface area contributed by atoms with E-state index >= 15 is 0 Å². The predicted molar refractivity (Wildman–Crippen MR) is 76.2 cm³/mol. The van der Waals surface area contributed by atoms with Gasteiger partial charge in [-0.3, -0.25) is 4.98 Å². The summed E-state index contributed by atoms with van der Waals surface area (Å²) < 4.78 is 0. The van der Waals surface area contributed by atoms with E-state index in [4.69, 9.17) is 11.6 Å². The van der Waals surface area contributed by atoms with Gasteiger partial charge in [-0.15, -0.1) is 11.3 Å². The van der Waals surface area contributed by atoms with Crippen LogP contribution in [0, 0.1) is 0 Å². The van der Waals surface area contributed by atoms with Crippen molar-refractivity contribution in [3.63, 3.8) is 0 Å². The first-order chi connectivity index (χ1) is 8.83. The minimum absolute atomic E-state index is 0.676. The quantitative estimate of drug-likeness (QED) is 0.786. The van der Waals surface area contributed by atoms with Crippen molar-refractivity contribution >= 4 is 39.5 Å². The van der Waals surface area contributed by atoms with Gasteiger partial charge in [0.1, 0.15) is 0 Å². The molecule has 90 valence electrons. The van der Waals surface area contributed by atoms with Gasteiger partial charge in [-0.2, -0.15) is 0 Å². The molecule has 0 unspecified atom stereocenters. The molecule has 0 spiro atoms. The molecule has 0 aliphatic rings. The van der Waals surface area contributed by atoms with Crippen LogP contribution in [0.5, 0.6) is 0 Å². The third-order valence-corrected chi connectivity index (χ3v) is 3.47. The molecule has 0 radical (unpaired) electrons. The fourth-order valence-electron chi connectivity index (χ4n) is 1.80. The van der Waals surface area contributed by atoms with Crippen molar-refractivity contribution in [1.82, 2.24) is 9.97 Å². The van der Waals surface area contributed by atoms with Gasteiger partial charge in [0.15, 0.2) is 0 Å². The molecule has 0 atom stereocenters. The topological polar surface area (TPSA) is 37.8 Å². The second-order valence-corrected chi connectivity index (χ2v) is 5.02. The first-order valence-electron chi connectivity index (χ1n) is 5.48. The Kier molecular flexibility index (Phi) is 3.13. The van der Waals surface area contributed by atoms with Crippen LogP contribution in [0.1, 0.15) is 5.69 Å². The number of benzene rings is 1. The van der Waals surface area contributed by atoms with Crippen molar-refractivity contribution in [1.29, 1.82) is 0 Å². The maximum Gasteiger partial charge on any atom is 0.0934 e. The SMILES string of the molecule is Clc1cc(NCc2cscn2)c2ncccc2c1. The van der Waals surface area contributed by atoms with Crippen LogP contribution in [-0.2, 0) is 6.54 Å². The van der Waals surface area contributed by atoms with E-state index in [1.807, 2.05) is 35.2 Å². The van der Waals surface area contributed by atoms with Gasteiger partial charge in [-0.05, 0) is 18.2 Å². The molecule has 3 nitrogen and oxygen atoms in total. The van der Waals surface area contributed by atoms with Crippen LogP contribution < -0.4 is 5.32 Å². The summed E-state index contributed by atoms with van der Waals surface area (Å²) in [6.45, 7) is 0.676. The average molecular weight is 276 g/mol. The Morgan fingerprint density at radius 2 is 2.22 bits per heavy atom. The summed E-state index contributed by atoms with van der Waals surface area (Å²) in [6.07, 6.45) is 1.78. The molecular formula is C13H10ClN3S. The number of rotatable bonds is 3. The minimum atomic E-state index is 0.676. The van der Waals surface area contributed by atoms with Gasteiger partial charge >= 0.3 is 0 Å². The summed E-state index contributed by atoms with van der Waals surface area (Å²) >= 11 is 7.69. The van der Waals surface area contributed by atoms with E-state index in [-0.39, 0.29) is 0 Å². The Hall–Kier alpha value is -1.65. The van der Waals surface area contributed by atoms with E-state index in [0.717, 1.165) is 22.3 Å². The van der Waals surface area contributed by atoms with Crippen LogP contribution >= 0.6 is 22.9 Å². The second kappa shape index (κ2) is 4.92. The highest BCUT2D eigenvalue weighted by atomic mass is 35.5. The van der Waals surface area contributed by atoms with Crippen molar-refractivity contribution in [2.45, 2.75) is 6.54 Å². The standard InChI is InChI=1S/C13H10ClN3S/c14-10-4-9-2-1-3-15-13(9)12(5-10)16-6-11-7-18-8-17-11/h1-5,7-8,16H,6H2. The number of hydrogen-bond acceptors (Lipinski definition) is 4. The van der Waals surface area contributed by atoms with Crippen LogP contribution in [0.4, 0.5) is 5.69 Å². The molecule has 18 heavy (non-hydrogen) atoms. The maximum atomic E-state index is 6.10. The van der Waals surface area contributed by atoms with Gasteiger partial charge in [0.05, 0.1) is 29.0 Å². The van der Waals surface area contributed by atoms with Gasteiger partial charge in [0.25, 0.3) is 0 Å². The van der Waals surface area contributed by atoms with E-state index in [2.05, 4.69) is 15.3 Å². The lowest BCUT2D eigenvalue weighted by Gasteiger charge is -2.08. The zero-order valence-corrected chi connectivity index (χ0v) is 11.0. The van der Waals surface area contributed by atoms with Crippen molar-refractivity contribution < 1.29 is 0 Å².